The highest BCUT2D eigenvalue weighted by Gasteiger charge is 2.11. The zero-order valence-electron chi connectivity index (χ0n) is 15.9. The van der Waals surface area contributed by atoms with Crippen molar-refractivity contribution < 1.29 is 0 Å². The summed E-state index contributed by atoms with van der Waals surface area (Å²) in [6.45, 7) is 17.0. The van der Waals surface area contributed by atoms with Gasteiger partial charge in [-0.25, -0.2) is 15.0 Å². The summed E-state index contributed by atoms with van der Waals surface area (Å²) in [5.41, 5.74) is 2.59. The van der Waals surface area contributed by atoms with Crippen molar-refractivity contribution in [2.75, 3.05) is 0 Å². The highest BCUT2D eigenvalue weighted by atomic mass is 15.0. The van der Waals surface area contributed by atoms with Crippen LogP contribution in [0.5, 0.6) is 0 Å². The lowest BCUT2D eigenvalue weighted by Crippen LogP contribution is -2.03. The Morgan fingerprint density at radius 3 is 2.15 bits per heavy atom. The molecule has 1 aromatic heterocycles. The van der Waals surface area contributed by atoms with Crippen LogP contribution in [-0.4, -0.2) is 15.0 Å². The van der Waals surface area contributed by atoms with Gasteiger partial charge in [0, 0.05) is 16.7 Å². The lowest BCUT2D eigenvalue weighted by atomic mass is 10.1. The van der Waals surface area contributed by atoms with Gasteiger partial charge in [-0.1, -0.05) is 80.8 Å². The lowest BCUT2D eigenvalue weighted by Gasteiger charge is -2.08. The van der Waals surface area contributed by atoms with Crippen molar-refractivity contribution in [1.29, 1.82) is 0 Å². The molecule has 2 rings (SSSR count). The number of rotatable bonds is 6. The van der Waals surface area contributed by atoms with E-state index >= 15 is 0 Å². The van der Waals surface area contributed by atoms with Gasteiger partial charge in [-0.2, -0.15) is 0 Å². The van der Waals surface area contributed by atoms with Crippen molar-refractivity contribution in [1.82, 2.24) is 15.0 Å². The fraction of sp³-hybridized carbons (Fsp3) is 0.174. The second kappa shape index (κ2) is 11.5. The summed E-state index contributed by atoms with van der Waals surface area (Å²) in [5.74, 6) is 1.83. The van der Waals surface area contributed by atoms with E-state index in [0.717, 1.165) is 17.6 Å². The van der Waals surface area contributed by atoms with Gasteiger partial charge in [0.1, 0.15) is 0 Å². The van der Waals surface area contributed by atoms with Gasteiger partial charge in [0.05, 0.1) is 0 Å². The molecule has 134 valence electrons. The van der Waals surface area contributed by atoms with E-state index in [2.05, 4.69) is 47.7 Å². The number of nitrogens with zero attached hydrogens (tertiary/aromatic N) is 3. The summed E-state index contributed by atoms with van der Waals surface area (Å²) in [6, 6.07) is 9.87. The largest absolute Gasteiger partial charge is 0.208 e. The van der Waals surface area contributed by atoms with E-state index in [1.165, 1.54) is 0 Å². The highest BCUT2D eigenvalue weighted by molar-refractivity contribution is 5.73. The Morgan fingerprint density at radius 1 is 1.00 bits per heavy atom. The highest BCUT2D eigenvalue weighted by Crippen LogP contribution is 2.21. The summed E-state index contributed by atoms with van der Waals surface area (Å²) in [7, 11) is 0. The SMILES string of the molecule is C=CC.C=CC(=C)c1nc(C(/C=C\CC)=C/C)nc(-c2ccccc2)n1. The predicted molar refractivity (Wildman–Crippen MR) is 113 cm³/mol. The Labute approximate surface area is 157 Å². The molecular formula is C23H27N3. The number of benzene rings is 1. The third-order valence-corrected chi connectivity index (χ3v) is 3.30. The molecule has 1 heterocycles. The molecule has 0 saturated carbocycles. The van der Waals surface area contributed by atoms with Crippen LogP contribution < -0.4 is 0 Å². The fourth-order valence-electron chi connectivity index (χ4n) is 2.00. The van der Waals surface area contributed by atoms with Gasteiger partial charge < -0.3 is 0 Å². The van der Waals surface area contributed by atoms with Crippen molar-refractivity contribution in [2.24, 2.45) is 0 Å². The van der Waals surface area contributed by atoms with Gasteiger partial charge in [0.15, 0.2) is 17.5 Å². The summed E-state index contributed by atoms with van der Waals surface area (Å²) in [6.07, 6.45) is 10.5. The Balaban J connectivity index is 0.00000105. The van der Waals surface area contributed by atoms with Crippen LogP contribution in [0, 0.1) is 0 Å². The summed E-state index contributed by atoms with van der Waals surface area (Å²) in [4.78, 5) is 13.7. The van der Waals surface area contributed by atoms with Gasteiger partial charge in [-0.3, -0.25) is 0 Å². The molecular weight excluding hydrogens is 318 g/mol. The Hall–Kier alpha value is -3.07. The van der Waals surface area contributed by atoms with E-state index in [-0.39, 0.29) is 0 Å². The van der Waals surface area contributed by atoms with Crippen LogP contribution >= 0.6 is 0 Å². The Morgan fingerprint density at radius 2 is 1.62 bits per heavy atom. The van der Waals surface area contributed by atoms with Gasteiger partial charge >= 0.3 is 0 Å². The van der Waals surface area contributed by atoms with Gasteiger partial charge in [0.25, 0.3) is 0 Å². The maximum absolute atomic E-state index is 4.63. The average molecular weight is 345 g/mol. The molecule has 3 nitrogen and oxygen atoms in total. The minimum Gasteiger partial charge on any atom is -0.208 e. The number of aromatic nitrogens is 3. The zero-order valence-corrected chi connectivity index (χ0v) is 15.9. The molecule has 0 spiro atoms. The number of hydrogen-bond donors (Lipinski definition) is 0. The summed E-state index contributed by atoms with van der Waals surface area (Å²) >= 11 is 0. The minimum absolute atomic E-state index is 0.549. The van der Waals surface area contributed by atoms with Gasteiger partial charge in [-0.15, -0.1) is 6.58 Å². The smallest absolute Gasteiger partial charge is 0.164 e. The lowest BCUT2D eigenvalue weighted by molar-refractivity contribution is 1.00. The molecule has 0 saturated heterocycles. The molecule has 0 atom stereocenters. The maximum Gasteiger partial charge on any atom is 0.164 e. The van der Waals surface area contributed by atoms with Gasteiger partial charge in [0.2, 0.25) is 0 Å². The van der Waals surface area contributed by atoms with Crippen molar-refractivity contribution in [3.8, 4) is 11.4 Å². The van der Waals surface area contributed by atoms with Crippen molar-refractivity contribution in [2.45, 2.75) is 27.2 Å². The third kappa shape index (κ3) is 6.10. The van der Waals surface area contributed by atoms with Crippen LogP contribution in [0.15, 0.2) is 80.4 Å². The first kappa shape index (κ1) is 21.0. The van der Waals surface area contributed by atoms with E-state index < -0.39 is 0 Å². The standard InChI is InChI=1S/C20H21N3.C3H6/c1-5-8-12-16(7-3)19-21-18(15(4)6-2)22-20(23-19)17-13-10-9-11-14-17;1-3-2/h6-14H,2,4-5H2,1,3H3;3H,1H2,2H3/b12-8-,16-7+;. The number of allylic oxidation sites excluding steroid dienone is 7. The van der Waals surface area contributed by atoms with Gasteiger partial charge in [-0.05, 0) is 20.3 Å². The zero-order chi connectivity index (χ0) is 19.4. The minimum atomic E-state index is 0.549. The molecule has 0 fully saturated rings. The second-order valence-corrected chi connectivity index (χ2v) is 5.36. The van der Waals surface area contributed by atoms with Crippen LogP contribution in [0.4, 0.5) is 0 Å². The molecule has 0 amide bonds. The van der Waals surface area contributed by atoms with Crippen LogP contribution in [0.3, 0.4) is 0 Å². The van der Waals surface area contributed by atoms with Crippen LogP contribution in [0.25, 0.3) is 22.5 Å². The number of hydrogen-bond acceptors (Lipinski definition) is 3. The first-order valence-electron chi connectivity index (χ1n) is 8.64. The first-order valence-corrected chi connectivity index (χ1v) is 8.64. The Bertz CT molecular complexity index is 799. The molecule has 0 aliphatic carbocycles. The quantitative estimate of drug-likeness (QED) is 0.455. The Kier molecular flexibility index (Phi) is 9.26. The molecule has 2 aromatic rings. The van der Waals surface area contributed by atoms with E-state index in [0.29, 0.717) is 23.0 Å². The summed E-state index contributed by atoms with van der Waals surface area (Å²) in [5, 5.41) is 0. The molecule has 0 N–H and O–H groups in total. The van der Waals surface area contributed by atoms with Crippen molar-refractivity contribution in [3.63, 3.8) is 0 Å². The van der Waals surface area contributed by atoms with E-state index in [4.69, 9.17) is 0 Å². The first-order chi connectivity index (χ1) is 12.6. The molecule has 26 heavy (non-hydrogen) atoms. The fourth-order valence-corrected chi connectivity index (χ4v) is 2.00. The molecule has 1 aromatic carbocycles. The van der Waals surface area contributed by atoms with Crippen molar-refractivity contribution in [3.05, 3.63) is 92.1 Å². The molecule has 0 radical (unpaired) electrons. The third-order valence-electron chi connectivity index (χ3n) is 3.30. The molecule has 0 bridgehead atoms. The maximum atomic E-state index is 4.63. The topological polar surface area (TPSA) is 38.7 Å². The molecule has 3 heteroatoms. The van der Waals surface area contributed by atoms with Crippen LogP contribution in [0.1, 0.15) is 38.8 Å². The predicted octanol–water partition coefficient (Wildman–Crippen LogP) is 6.30. The van der Waals surface area contributed by atoms with E-state index in [9.17, 15) is 0 Å². The summed E-state index contributed by atoms with van der Waals surface area (Å²) < 4.78 is 0. The van der Waals surface area contributed by atoms with Crippen LogP contribution in [0.2, 0.25) is 0 Å². The second-order valence-electron chi connectivity index (χ2n) is 5.36. The van der Waals surface area contributed by atoms with E-state index in [1.54, 1.807) is 12.2 Å². The molecule has 0 aliphatic heterocycles. The monoisotopic (exact) mass is 345 g/mol. The average Bonchev–Trinajstić information content (AvgIpc) is 2.69. The molecule has 0 unspecified atom stereocenters. The van der Waals surface area contributed by atoms with Crippen molar-refractivity contribution >= 4 is 11.1 Å². The van der Waals surface area contributed by atoms with E-state index in [1.807, 2.05) is 56.3 Å². The normalized spacial score (nSPS) is 10.8. The van der Waals surface area contributed by atoms with Crippen LogP contribution in [-0.2, 0) is 0 Å². The molecule has 0 aliphatic rings.